The lowest BCUT2D eigenvalue weighted by Crippen LogP contribution is -2.47. The summed E-state index contributed by atoms with van der Waals surface area (Å²) in [5, 5.41) is 25.6. The first-order chi connectivity index (χ1) is 12.7. The van der Waals surface area contributed by atoms with Crippen molar-refractivity contribution in [1.82, 2.24) is 30.5 Å². The fourth-order valence-corrected chi connectivity index (χ4v) is 3.48. The zero-order valence-corrected chi connectivity index (χ0v) is 16.4. The van der Waals surface area contributed by atoms with E-state index in [2.05, 4.69) is 25.7 Å². The molecule has 1 saturated carbocycles. The topological polar surface area (TPSA) is 106 Å². The number of rotatable bonds is 5. The molecule has 0 atom stereocenters. The maximum Gasteiger partial charge on any atom is 0.251 e. The first-order valence-corrected chi connectivity index (χ1v) is 9.47. The van der Waals surface area contributed by atoms with Gasteiger partial charge in [0.25, 0.3) is 5.91 Å². The molecule has 0 aromatic carbocycles. The number of aryl methyl sites for hydroxylation is 2. The van der Waals surface area contributed by atoms with E-state index in [0.29, 0.717) is 11.7 Å². The van der Waals surface area contributed by atoms with Crippen molar-refractivity contribution in [2.75, 3.05) is 0 Å². The highest BCUT2D eigenvalue weighted by molar-refractivity contribution is 5.84. The third-order valence-corrected chi connectivity index (χ3v) is 4.95. The van der Waals surface area contributed by atoms with Crippen LogP contribution in [-0.2, 0) is 11.3 Å². The smallest absolute Gasteiger partial charge is 0.251 e. The molecule has 146 valence electrons. The van der Waals surface area contributed by atoms with Gasteiger partial charge in [0, 0.05) is 23.0 Å². The molecule has 1 aliphatic carbocycles. The maximum atomic E-state index is 11.9. The van der Waals surface area contributed by atoms with Crippen LogP contribution in [0, 0.1) is 19.8 Å². The van der Waals surface area contributed by atoms with Crippen molar-refractivity contribution < 1.29 is 9.90 Å². The third kappa shape index (κ3) is 5.09. The van der Waals surface area contributed by atoms with Crippen LogP contribution in [0.2, 0.25) is 0 Å². The summed E-state index contributed by atoms with van der Waals surface area (Å²) < 4.78 is 0. The van der Waals surface area contributed by atoms with E-state index in [4.69, 9.17) is 0 Å². The molecule has 0 spiro atoms. The van der Waals surface area contributed by atoms with Crippen molar-refractivity contribution in [2.24, 2.45) is 5.92 Å². The number of pyridine rings is 1. The summed E-state index contributed by atoms with van der Waals surface area (Å²) in [7, 11) is 0. The number of amides is 1. The largest absolute Gasteiger partial charge is 0.381 e. The predicted molar refractivity (Wildman–Crippen MR) is 101 cm³/mol. The average molecular weight is 372 g/mol. The Labute approximate surface area is 159 Å². The number of nitrogens with one attached hydrogen (secondary N) is 1. The normalized spacial score (nSPS) is 20.5. The fourth-order valence-electron chi connectivity index (χ4n) is 3.48. The minimum absolute atomic E-state index is 0.127. The highest BCUT2D eigenvalue weighted by Crippen LogP contribution is 2.26. The molecule has 2 aromatic heterocycles. The average Bonchev–Trinajstić information content (AvgIpc) is 3.03. The van der Waals surface area contributed by atoms with Gasteiger partial charge in [-0.15, -0.1) is 10.2 Å². The van der Waals surface area contributed by atoms with Crippen molar-refractivity contribution in [3.05, 3.63) is 23.5 Å². The van der Waals surface area contributed by atoms with Crippen molar-refractivity contribution >= 4 is 5.91 Å². The first kappa shape index (κ1) is 19.4. The number of tetrazole rings is 1. The van der Waals surface area contributed by atoms with E-state index in [1.807, 2.05) is 26.0 Å². The molecule has 8 heteroatoms. The van der Waals surface area contributed by atoms with E-state index >= 15 is 0 Å². The van der Waals surface area contributed by atoms with E-state index in [9.17, 15) is 9.90 Å². The molecular formula is C19H28N6O2. The molecule has 2 heterocycles. The van der Waals surface area contributed by atoms with Crippen molar-refractivity contribution in [1.29, 1.82) is 0 Å². The van der Waals surface area contributed by atoms with Crippen LogP contribution in [0.4, 0.5) is 0 Å². The Morgan fingerprint density at radius 2 is 1.85 bits per heavy atom. The standard InChI is InChI=1S/C19H28N6O2/c1-12-9-15(10-13(2)20-12)17-22-24-25(23-17)11-14-5-7-16(8-6-14)21-18(26)19(3,4)27/h9-10,14,16,27H,5-8,11H2,1-4H3,(H,21,26)/t14-,16-. The Balaban J connectivity index is 1.54. The van der Waals surface area contributed by atoms with Gasteiger partial charge in [0.1, 0.15) is 5.60 Å². The van der Waals surface area contributed by atoms with Crippen LogP contribution >= 0.6 is 0 Å². The molecule has 3 rings (SSSR count). The quantitative estimate of drug-likeness (QED) is 0.829. The van der Waals surface area contributed by atoms with Crippen LogP contribution in [0.1, 0.15) is 50.9 Å². The number of hydrogen-bond acceptors (Lipinski definition) is 6. The van der Waals surface area contributed by atoms with E-state index in [1.165, 1.54) is 13.8 Å². The van der Waals surface area contributed by atoms with Gasteiger partial charge in [-0.05, 0) is 76.6 Å². The summed E-state index contributed by atoms with van der Waals surface area (Å²) >= 11 is 0. The van der Waals surface area contributed by atoms with Gasteiger partial charge in [-0.25, -0.2) is 0 Å². The van der Waals surface area contributed by atoms with E-state index in [0.717, 1.165) is 49.2 Å². The Bertz CT molecular complexity index is 783. The molecule has 0 aliphatic heterocycles. The second-order valence-electron chi connectivity index (χ2n) is 8.06. The number of hydrogen-bond donors (Lipinski definition) is 2. The fraction of sp³-hybridized carbons (Fsp3) is 0.632. The second-order valence-corrected chi connectivity index (χ2v) is 8.06. The molecule has 2 aromatic rings. The number of carbonyl (C=O) groups is 1. The zero-order chi connectivity index (χ0) is 19.6. The molecule has 0 radical (unpaired) electrons. The Morgan fingerprint density at radius 1 is 1.22 bits per heavy atom. The molecule has 1 aliphatic rings. The molecular weight excluding hydrogens is 344 g/mol. The van der Waals surface area contributed by atoms with Gasteiger partial charge in [-0.3, -0.25) is 9.78 Å². The zero-order valence-electron chi connectivity index (χ0n) is 16.4. The lowest BCUT2D eigenvalue weighted by molar-refractivity contribution is -0.137. The van der Waals surface area contributed by atoms with Gasteiger partial charge in [-0.2, -0.15) is 4.80 Å². The van der Waals surface area contributed by atoms with Crippen LogP contribution in [0.15, 0.2) is 12.1 Å². The molecule has 0 bridgehead atoms. The van der Waals surface area contributed by atoms with Crippen molar-refractivity contribution in [3.63, 3.8) is 0 Å². The summed E-state index contributed by atoms with van der Waals surface area (Å²) in [6.45, 7) is 7.65. The number of nitrogens with zero attached hydrogens (tertiary/aromatic N) is 5. The van der Waals surface area contributed by atoms with Crippen LogP contribution in [-0.4, -0.2) is 47.8 Å². The third-order valence-electron chi connectivity index (χ3n) is 4.95. The lowest BCUT2D eigenvalue weighted by Gasteiger charge is -2.30. The summed E-state index contributed by atoms with van der Waals surface area (Å²) in [5.41, 5.74) is 1.48. The predicted octanol–water partition coefficient (Wildman–Crippen LogP) is 1.80. The van der Waals surface area contributed by atoms with E-state index in [1.54, 1.807) is 4.80 Å². The Morgan fingerprint density at radius 3 is 2.44 bits per heavy atom. The summed E-state index contributed by atoms with van der Waals surface area (Å²) in [6.07, 6.45) is 3.77. The van der Waals surface area contributed by atoms with Gasteiger partial charge in [0.05, 0.1) is 6.54 Å². The number of aromatic nitrogens is 5. The van der Waals surface area contributed by atoms with Crippen LogP contribution < -0.4 is 5.32 Å². The summed E-state index contributed by atoms with van der Waals surface area (Å²) in [5.74, 6) is 0.773. The molecule has 1 fully saturated rings. The van der Waals surface area contributed by atoms with Gasteiger partial charge in [0.2, 0.25) is 5.82 Å². The van der Waals surface area contributed by atoms with Gasteiger partial charge >= 0.3 is 0 Å². The molecule has 27 heavy (non-hydrogen) atoms. The second kappa shape index (κ2) is 7.72. The minimum atomic E-state index is -1.33. The molecule has 0 saturated heterocycles. The van der Waals surface area contributed by atoms with Gasteiger partial charge in [-0.1, -0.05) is 0 Å². The Hall–Kier alpha value is -2.35. The highest BCUT2D eigenvalue weighted by Gasteiger charge is 2.29. The highest BCUT2D eigenvalue weighted by atomic mass is 16.3. The number of carbonyl (C=O) groups excluding carboxylic acids is 1. The van der Waals surface area contributed by atoms with E-state index < -0.39 is 5.60 Å². The van der Waals surface area contributed by atoms with E-state index in [-0.39, 0.29) is 11.9 Å². The minimum Gasteiger partial charge on any atom is -0.381 e. The molecule has 8 nitrogen and oxygen atoms in total. The maximum absolute atomic E-state index is 11.9. The summed E-state index contributed by atoms with van der Waals surface area (Å²) in [6, 6.07) is 4.05. The van der Waals surface area contributed by atoms with Crippen LogP contribution in [0.5, 0.6) is 0 Å². The van der Waals surface area contributed by atoms with Crippen LogP contribution in [0.25, 0.3) is 11.4 Å². The summed E-state index contributed by atoms with van der Waals surface area (Å²) in [4.78, 5) is 17.9. The molecule has 1 amide bonds. The Kier molecular flexibility index (Phi) is 5.55. The first-order valence-electron chi connectivity index (χ1n) is 9.47. The lowest BCUT2D eigenvalue weighted by atomic mass is 9.86. The van der Waals surface area contributed by atoms with Crippen molar-refractivity contribution in [3.8, 4) is 11.4 Å². The number of aliphatic hydroxyl groups is 1. The van der Waals surface area contributed by atoms with Gasteiger partial charge in [0.15, 0.2) is 0 Å². The molecule has 2 N–H and O–H groups in total. The SMILES string of the molecule is Cc1cc(-c2nnn(C[C@H]3CC[C@H](NC(=O)C(C)(C)O)CC3)n2)cc(C)n1. The monoisotopic (exact) mass is 372 g/mol. The van der Waals surface area contributed by atoms with Crippen molar-refractivity contribution in [2.45, 2.75) is 71.6 Å². The van der Waals surface area contributed by atoms with Gasteiger partial charge < -0.3 is 10.4 Å². The molecule has 0 unspecified atom stereocenters. The van der Waals surface area contributed by atoms with Crippen LogP contribution in [0.3, 0.4) is 0 Å².